The Bertz CT molecular complexity index is 335. The fourth-order valence-electron chi connectivity index (χ4n) is 1.00. The quantitative estimate of drug-likeness (QED) is 0.694. The summed E-state index contributed by atoms with van der Waals surface area (Å²) in [7, 11) is 0. The van der Waals surface area contributed by atoms with Crippen LogP contribution in [0, 0.1) is 18.3 Å². The van der Waals surface area contributed by atoms with E-state index in [1.807, 2.05) is 13.8 Å². The molecule has 0 aliphatic rings. The smallest absolute Gasteiger partial charge is 0.270 e. The van der Waals surface area contributed by atoms with Crippen molar-refractivity contribution in [2.24, 2.45) is 5.92 Å². The van der Waals surface area contributed by atoms with E-state index in [1.54, 1.807) is 6.07 Å². The van der Waals surface area contributed by atoms with E-state index in [2.05, 4.69) is 21.4 Å². The predicted molar refractivity (Wildman–Crippen MR) is 53.5 cm³/mol. The van der Waals surface area contributed by atoms with Crippen LogP contribution in [0.5, 0.6) is 0 Å². The lowest BCUT2D eigenvalue weighted by Crippen LogP contribution is -2.37. The van der Waals surface area contributed by atoms with Crippen LogP contribution in [0.1, 0.15) is 24.3 Å². The van der Waals surface area contributed by atoms with Gasteiger partial charge in [-0.25, -0.2) is 0 Å². The van der Waals surface area contributed by atoms with Crippen molar-refractivity contribution in [3.05, 3.63) is 18.0 Å². The van der Waals surface area contributed by atoms with Gasteiger partial charge in [-0.3, -0.25) is 9.89 Å². The molecule has 14 heavy (non-hydrogen) atoms. The number of aromatic amines is 1. The van der Waals surface area contributed by atoms with Crippen molar-refractivity contribution >= 4 is 5.91 Å². The number of rotatable bonds is 3. The largest absolute Gasteiger partial charge is 0.337 e. The van der Waals surface area contributed by atoms with Crippen molar-refractivity contribution in [2.75, 3.05) is 0 Å². The van der Waals surface area contributed by atoms with Gasteiger partial charge in [0.15, 0.2) is 0 Å². The molecule has 74 valence electrons. The van der Waals surface area contributed by atoms with Gasteiger partial charge in [0, 0.05) is 6.20 Å². The predicted octanol–water partition coefficient (Wildman–Crippen LogP) is 0.797. The van der Waals surface area contributed by atoms with E-state index in [0.29, 0.717) is 5.69 Å². The first-order valence-electron chi connectivity index (χ1n) is 4.41. The van der Waals surface area contributed by atoms with Gasteiger partial charge < -0.3 is 5.32 Å². The lowest BCUT2D eigenvalue weighted by molar-refractivity contribution is 0.0933. The summed E-state index contributed by atoms with van der Waals surface area (Å²) in [6.45, 7) is 3.91. The highest BCUT2D eigenvalue weighted by Gasteiger charge is 2.14. The third-order valence-corrected chi connectivity index (χ3v) is 1.88. The average Bonchev–Trinajstić information content (AvgIpc) is 2.65. The normalized spacial score (nSPS) is 12.1. The first-order valence-corrected chi connectivity index (χ1v) is 4.41. The third kappa shape index (κ3) is 2.36. The number of terminal acetylenes is 1. The van der Waals surface area contributed by atoms with Crippen molar-refractivity contribution < 1.29 is 4.79 Å². The van der Waals surface area contributed by atoms with E-state index >= 15 is 0 Å². The van der Waals surface area contributed by atoms with E-state index in [1.165, 1.54) is 6.20 Å². The molecule has 0 spiro atoms. The van der Waals surface area contributed by atoms with Crippen molar-refractivity contribution in [3.63, 3.8) is 0 Å². The summed E-state index contributed by atoms with van der Waals surface area (Å²) < 4.78 is 0. The topological polar surface area (TPSA) is 57.8 Å². The van der Waals surface area contributed by atoms with Gasteiger partial charge in [-0.1, -0.05) is 19.8 Å². The number of nitrogens with one attached hydrogen (secondary N) is 2. The Morgan fingerprint density at radius 2 is 2.43 bits per heavy atom. The molecule has 1 rings (SSSR count). The molecule has 0 aromatic carbocycles. The van der Waals surface area contributed by atoms with Crippen LogP contribution in [0.25, 0.3) is 0 Å². The lowest BCUT2D eigenvalue weighted by atomic mass is 10.1. The molecule has 1 aromatic rings. The van der Waals surface area contributed by atoms with E-state index in [-0.39, 0.29) is 17.9 Å². The molecule has 0 aliphatic heterocycles. The van der Waals surface area contributed by atoms with Crippen LogP contribution < -0.4 is 5.32 Å². The third-order valence-electron chi connectivity index (χ3n) is 1.88. The molecule has 0 saturated carbocycles. The summed E-state index contributed by atoms with van der Waals surface area (Å²) in [6.07, 6.45) is 6.81. The van der Waals surface area contributed by atoms with Crippen LogP contribution in [0.4, 0.5) is 0 Å². The Balaban J connectivity index is 2.61. The van der Waals surface area contributed by atoms with Crippen LogP contribution in [0.3, 0.4) is 0 Å². The minimum Gasteiger partial charge on any atom is -0.337 e. The standard InChI is InChI=1S/C10H13N3O/c1-4-8(7(2)3)12-10(14)9-5-6-11-13-9/h1,5-8H,2-3H3,(H,11,13)(H,12,14). The molecule has 0 radical (unpaired) electrons. The van der Waals surface area contributed by atoms with E-state index in [4.69, 9.17) is 6.42 Å². The molecule has 1 amide bonds. The van der Waals surface area contributed by atoms with Gasteiger partial charge in [-0.05, 0) is 12.0 Å². The number of hydrogen-bond donors (Lipinski definition) is 2. The molecule has 1 unspecified atom stereocenters. The zero-order valence-corrected chi connectivity index (χ0v) is 8.24. The molecule has 0 fully saturated rings. The SMILES string of the molecule is C#CC(NC(=O)c1ccn[nH]1)C(C)C. The highest BCUT2D eigenvalue weighted by molar-refractivity contribution is 5.92. The second-order valence-electron chi connectivity index (χ2n) is 3.33. The number of amides is 1. The molecule has 2 N–H and O–H groups in total. The first-order chi connectivity index (χ1) is 6.65. The van der Waals surface area contributed by atoms with Crippen LogP contribution in [-0.2, 0) is 0 Å². The van der Waals surface area contributed by atoms with Gasteiger partial charge in [0.25, 0.3) is 5.91 Å². The Kier molecular flexibility index (Phi) is 3.29. The van der Waals surface area contributed by atoms with Crippen molar-refractivity contribution in [2.45, 2.75) is 19.9 Å². The number of nitrogens with zero attached hydrogens (tertiary/aromatic N) is 1. The van der Waals surface area contributed by atoms with Crippen molar-refractivity contribution in [1.82, 2.24) is 15.5 Å². The monoisotopic (exact) mass is 191 g/mol. The second kappa shape index (κ2) is 4.47. The van der Waals surface area contributed by atoms with Gasteiger partial charge in [-0.15, -0.1) is 6.42 Å². The molecule has 1 aromatic heterocycles. The Hall–Kier alpha value is -1.76. The lowest BCUT2D eigenvalue weighted by Gasteiger charge is -2.15. The van der Waals surface area contributed by atoms with E-state index < -0.39 is 0 Å². The summed E-state index contributed by atoms with van der Waals surface area (Å²) in [6, 6.07) is 1.36. The fraction of sp³-hybridized carbons (Fsp3) is 0.400. The Morgan fingerprint density at radius 1 is 1.71 bits per heavy atom. The van der Waals surface area contributed by atoms with Crippen LogP contribution in [-0.4, -0.2) is 22.1 Å². The molecule has 4 heteroatoms. The average molecular weight is 191 g/mol. The number of hydrogen-bond acceptors (Lipinski definition) is 2. The maximum absolute atomic E-state index is 11.5. The summed E-state index contributed by atoms with van der Waals surface area (Å²) >= 11 is 0. The molecule has 4 nitrogen and oxygen atoms in total. The molecule has 1 heterocycles. The minimum atomic E-state index is -0.245. The highest BCUT2D eigenvalue weighted by atomic mass is 16.2. The Morgan fingerprint density at radius 3 is 2.86 bits per heavy atom. The zero-order chi connectivity index (χ0) is 10.6. The van der Waals surface area contributed by atoms with Crippen molar-refractivity contribution in [1.29, 1.82) is 0 Å². The number of aromatic nitrogens is 2. The zero-order valence-electron chi connectivity index (χ0n) is 8.24. The maximum atomic E-state index is 11.5. The minimum absolute atomic E-state index is 0.215. The molecule has 0 saturated heterocycles. The summed E-state index contributed by atoms with van der Waals surface area (Å²) in [5.41, 5.74) is 0.422. The van der Waals surface area contributed by atoms with E-state index in [0.717, 1.165) is 0 Å². The molecule has 1 atom stereocenters. The van der Waals surface area contributed by atoms with Gasteiger partial charge in [0.2, 0.25) is 0 Å². The molecule has 0 bridgehead atoms. The summed E-state index contributed by atoms with van der Waals surface area (Å²) in [5, 5.41) is 8.98. The van der Waals surface area contributed by atoms with Crippen LogP contribution in [0.15, 0.2) is 12.3 Å². The van der Waals surface area contributed by atoms with E-state index in [9.17, 15) is 4.79 Å². The van der Waals surface area contributed by atoms with Crippen LogP contribution >= 0.6 is 0 Å². The summed E-state index contributed by atoms with van der Waals surface area (Å²) in [4.78, 5) is 11.5. The molecular weight excluding hydrogens is 178 g/mol. The van der Waals surface area contributed by atoms with Crippen molar-refractivity contribution in [3.8, 4) is 12.3 Å². The Labute approximate surface area is 83.1 Å². The maximum Gasteiger partial charge on any atom is 0.270 e. The number of carbonyl (C=O) groups excluding carboxylic acids is 1. The van der Waals surface area contributed by atoms with Crippen LogP contribution in [0.2, 0.25) is 0 Å². The highest BCUT2D eigenvalue weighted by Crippen LogP contribution is 2.01. The number of H-pyrrole nitrogens is 1. The van der Waals surface area contributed by atoms with Gasteiger partial charge >= 0.3 is 0 Å². The summed E-state index contributed by atoms with van der Waals surface area (Å²) in [5.74, 6) is 2.52. The number of carbonyl (C=O) groups is 1. The molecule has 0 aliphatic carbocycles. The first kappa shape index (κ1) is 10.3. The van der Waals surface area contributed by atoms with Gasteiger partial charge in [-0.2, -0.15) is 5.10 Å². The molecular formula is C10H13N3O. The van der Waals surface area contributed by atoms with Gasteiger partial charge in [0.05, 0.1) is 6.04 Å². The second-order valence-corrected chi connectivity index (χ2v) is 3.33. The fourth-order valence-corrected chi connectivity index (χ4v) is 1.00. The van der Waals surface area contributed by atoms with Gasteiger partial charge in [0.1, 0.15) is 5.69 Å².